The molecular weight excluding hydrogens is 308 g/mol. The van der Waals surface area contributed by atoms with E-state index in [1.807, 2.05) is 0 Å². The second-order valence-electron chi connectivity index (χ2n) is 5.87. The van der Waals surface area contributed by atoms with Crippen molar-refractivity contribution in [1.82, 2.24) is 9.88 Å². The van der Waals surface area contributed by atoms with Crippen LogP contribution in [0.25, 0.3) is 11.7 Å². The van der Waals surface area contributed by atoms with Gasteiger partial charge < -0.3 is 18.8 Å². The second kappa shape index (κ2) is 7.99. The van der Waals surface area contributed by atoms with Gasteiger partial charge >= 0.3 is 0 Å². The average Bonchev–Trinajstić information content (AvgIpc) is 3.28. The Balaban J connectivity index is 1.59. The molecule has 0 aromatic carbocycles. The van der Waals surface area contributed by atoms with Crippen LogP contribution in [0.2, 0.25) is 0 Å². The first-order valence-corrected chi connectivity index (χ1v) is 8.35. The molecule has 0 radical (unpaired) electrons. The zero-order valence-electron chi connectivity index (χ0n) is 13.6. The Bertz CT molecular complexity index is 667. The van der Waals surface area contributed by atoms with Crippen molar-refractivity contribution in [3.05, 3.63) is 24.1 Å². The SMILES string of the molecule is N#Cc1nc(-c2ccco2)oc1N1CCN(CCCCCO)CC1. The van der Waals surface area contributed by atoms with Gasteiger partial charge in [-0.1, -0.05) is 0 Å². The lowest BCUT2D eigenvalue weighted by molar-refractivity contribution is 0.239. The van der Waals surface area contributed by atoms with Gasteiger partial charge in [-0.2, -0.15) is 10.2 Å². The quantitative estimate of drug-likeness (QED) is 0.777. The summed E-state index contributed by atoms with van der Waals surface area (Å²) < 4.78 is 11.1. The topological polar surface area (TPSA) is 89.7 Å². The maximum atomic E-state index is 9.32. The van der Waals surface area contributed by atoms with Gasteiger partial charge in [0.1, 0.15) is 6.07 Å². The minimum absolute atomic E-state index is 0.272. The van der Waals surface area contributed by atoms with Crippen molar-refractivity contribution in [2.24, 2.45) is 0 Å². The van der Waals surface area contributed by atoms with Gasteiger partial charge in [-0.3, -0.25) is 4.90 Å². The molecule has 7 heteroatoms. The van der Waals surface area contributed by atoms with Crippen molar-refractivity contribution in [1.29, 1.82) is 5.26 Å². The molecule has 1 aliphatic heterocycles. The van der Waals surface area contributed by atoms with Crippen LogP contribution in [0.3, 0.4) is 0 Å². The highest BCUT2D eigenvalue weighted by Crippen LogP contribution is 2.29. The molecule has 1 saturated heterocycles. The van der Waals surface area contributed by atoms with E-state index in [2.05, 4.69) is 20.9 Å². The van der Waals surface area contributed by atoms with E-state index < -0.39 is 0 Å². The lowest BCUT2D eigenvalue weighted by atomic mass is 10.2. The zero-order valence-corrected chi connectivity index (χ0v) is 13.6. The van der Waals surface area contributed by atoms with Gasteiger partial charge in [-0.25, -0.2) is 0 Å². The fourth-order valence-electron chi connectivity index (χ4n) is 2.90. The van der Waals surface area contributed by atoms with E-state index >= 15 is 0 Å². The van der Waals surface area contributed by atoms with Crippen molar-refractivity contribution >= 4 is 5.88 Å². The maximum absolute atomic E-state index is 9.32. The van der Waals surface area contributed by atoms with E-state index in [0.717, 1.165) is 52.0 Å². The fourth-order valence-corrected chi connectivity index (χ4v) is 2.90. The lowest BCUT2D eigenvalue weighted by Gasteiger charge is -2.34. The van der Waals surface area contributed by atoms with Crippen LogP contribution >= 0.6 is 0 Å². The first-order chi connectivity index (χ1) is 11.8. The van der Waals surface area contributed by atoms with Crippen LogP contribution in [0, 0.1) is 11.3 Å². The van der Waals surface area contributed by atoms with E-state index in [4.69, 9.17) is 13.9 Å². The number of oxazole rings is 1. The van der Waals surface area contributed by atoms with Crippen molar-refractivity contribution < 1.29 is 13.9 Å². The van der Waals surface area contributed by atoms with Crippen molar-refractivity contribution in [2.45, 2.75) is 19.3 Å². The highest BCUT2D eigenvalue weighted by molar-refractivity contribution is 5.55. The lowest BCUT2D eigenvalue weighted by Crippen LogP contribution is -2.46. The van der Waals surface area contributed by atoms with Crippen LogP contribution in [0.5, 0.6) is 0 Å². The van der Waals surface area contributed by atoms with Gasteiger partial charge in [-0.15, -0.1) is 0 Å². The third kappa shape index (κ3) is 3.78. The Kier molecular flexibility index (Phi) is 5.51. The van der Waals surface area contributed by atoms with Gasteiger partial charge in [0.05, 0.1) is 6.26 Å². The number of aliphatic hydroxyl groups excluding tert-OH is 1. The summed E-state index contributed by atoms with van der Waals surface area (Å²) in [6, 6.07) is 5.64. The maximum Gasteiger partial charge on any atom is 0.266 e. The number of nitrogens with zero attached hydrogens (tertiary/aromatic N) is 4. The largest absolute Gasteiger partial charge is 0.459 e. The Hall–Kier alpha value is -2.30. The number of hydrogen-bond donors (Lipinski definition) is 1. The van der Waals surface area contributed by atoms with Crippen LogP contribution in [-0.4, -0.2) is 54.3 Å². The summed E-state index contributed by atoms with van der Waals surface area (Å²) in [5.74, 6) is 1.40. The Morgan fingerprint density at radius 1 is 1.21 bits per heavy atom. The first-order valence-electron chi connectivity index (χ1n) is 8.35. The average molecular weight is 330 g/mol. The molecule has 0 aliphatic carbocycles. The number of unbranched alkanes of at least 4 members (excludes halogenated alkanes) is 2. The number of rotatable bonds is 7. The monoisotopic (exact) mass is 330 g/mol. The van der Waals surface area contributed by atoms with Crippen LogP contribution < -0.4 is 4.90 Å². The Morgan fingerprint density at radius 2 is 2.04 bits per heavy atom. The molecule has 0 unspecified atom stereocenters. The Morgan fingerprint density at radius 3 is 2.71 bits per heavy atom. The predicted molar refractivity (Wildman–Crippen MR) is 88.5 cm³/mol. The summed E-state index contributed by atoms with van der Waals surface area (Å²) in [4.78, 5) is 8.71. The number of nitriles is 1. The third-order valence-electron chi connectivity index (χ3n) is 4.24. The molecule has 0 bridgehead atoms. The van der Waals surface area contributed by atoms with Crippen LogP contribution in [0.1, 0.15) is 25.0 Å². The molecule has 1 N–H and O–H groups in total. The molecule has 0 atom stereocenters. The Labute approximate surface area is 141 Å². The van der Waals surface area contributed by atoms with E-state index in [0.29, 0.717) is 23.2 Å². The standard InChI is InChI=1S/C17H22N4O3/c18-13-14-17(24-16(19-14)15-5-4-12-23-15)21-9-7-20(8-10-21)6-2-1-3-11-22/h4-5,12,22H,1-3,6-11H2. The number of anilines is 1. The number of piperazine rings is 1. The molecule has 0 amide bonds. The van der Waals surface area contributed by atoms with Crippen LogP contribution in [0.15, 0.2) is 27.2 Å². The normalized spacial score (nSPS) is 15.6. The summed E-state index contributed by atoms with van der Waals surface area (Å²) >= 11 is 0. The molecule has 128 valence electrons. The molecule has 0 spiro atoms. The first kappa shape index (κ1) is 16.6. The van der Waals surface area contributed by atoms with E-state index in [9.17, 15) is 5.26 Å². The van der Waals surface area contributed by atoms with Gasteiger partial charge in [0, 0.05) is 32.8 Å². The molecule has 2 aromatic heterocycles. The fraction of sp³-hybridized carbons (Fsp3) is 0.529. The smallest absolute Gasteiger partial charge is 0.266 e. The van der Waals surface area contributed by atoms with Crippen LogP contribution in [-0.2, 0) is 0 Å². The van der Waals surface area contributed by atoms with Crippen molar-refractivity contribution in [3.8, 4) is 17.7 Å². The molecule has 7 nitrogen and oxygen atoms in total. The third-order valence-corrected chi connectivity index (χ3v) is 4.24. The van der Waals surface area contributed by atoms with E-state index in [1.165, 1.54) is 0 Å². The molecule has 0 saturated carbocycles. The van der Waals surface area contributed by atoms with E-state index in [1.54, 1.807) is 18.4 Å². The molecule has 1 aliphatic rings. The molecule has 1 fully saturated rings. The number of furan rings is 1. The van der Waals surface area contributed by atoms with Crippen molar-refractivity contribution in [3.63, 3.8) is 0 Å². The highest BCUT2D eigenvalue weighted by atomic mass is 16.4. The predicted octanol–water partition coefficient (Wildman–Crippen LogP) is 2.09. The van der Waals surface area contributed by atoms with Crippen molar-refractivity contribution in [2.75, 3.05) is 44.2 Å². The minimum Gasteiger partial charge on any atom is -0.459 e. The summed E-state index contributed by atoms with van der Waals surface area (Å²) in [7, 11) is 0. The summed E-state index contributed by atoms with van der Waals surface area (Å²) in [6.45, 7) is 4.80. The zero-order chi connectivity index (χ0) is 16.8. The van der Waals surface area contributed by atoms with Gasteiger partial charge in [-0.05, 0) is 37.9 Å². The number of aliphatic hydroxyl groups is 1. The van der Waals surface area contributed by atoms with E-state index in [-0.39, 0.29) is 6.61 Å². The van der Waals surface area contributed by atoms with Gasteiger partial charge in [0.15, 0.2) is 5.76 Å². The molecule has 24 heavy (non-hydrogen) atoms. The van der Waals surface area contributed by atoms with Gasteiger partial charge in [0.25, 0.3) is 5.89 Å². The number of hydrogen-bond acceptors (Lipinski definition) is 7. The van der Waals surface area contributed by atoms with Crippen LogP contribution in [0.4, 0.5) is 5.88 Å². The number of aromatic nitrogens is 1. The molecular formula is C17H22N4O3. The summed E-state index contributed by atoms with van der Waals surface area (Å²) in [6.07, 6.45) is 4.60. The minimum atomic E-state index is 0.272. The second-order valence-corrected chi connectivity index (χ2v) is 5.87. The molecule has 3 rings (SSSR count). The molecule has 3 heterocycles. The highest BCUT2D eigenvalue weighted by Gasteiger charge is 2.25. The molecule has 2 aromatic rings. The summed E-state index contributed by atoms with van der Waals surface area (Å²) in [5, 5.41) is 18.1. The van der Waals surface area contributed by atoms with Gasteiger partial charge in [0.2, 0.25) is 11.6 Å². The summed E-state index contributed by atoms with van der Waals surface area (Å²) in [5.41, 5.74) is 0.304.